The molecule has 4 N–H and O–H groups in total. The molecular formula is C15H22ClN3O4. The number of amides is 2. The minimum absolute atomic E-state index is 0. The maximum Gasteiger partial charge on any atom is 0.253 e. The number of methoxy groups -OCH3 is 1. The summed E-state index contributed by atoms with van der Waals surface area (Å²) < 4.78 is 10.7. The van der Waals surface area contributed by atoms with Crippen molar-refractivity contribution in [2.24, 2.45) is 5.73 Å². The van der Waals surface area contributed by atoms with Crippen molar-refractivity contribution in [1.29, 1.82) is 0 Å². The number of carbonyl (C=O) groups is 2. The van der Waals surface area contributed by atoms with Crippen molar-refractivity contribution in [3.05, 3.63) is 18.2 Å². The Kier molecular flexibility index (Phi) is 7.28. The second-order valence-corrected chi connectivity index (χ2v) is 5.15. The van der Waals surface area contributed by atoms with Gasteiger partial charge >= 0.3 is 0 Å². The molecule has 0 radical (unpaired) electrons. The van der Waals surface area contributed by atoms with Crippen molar-refractivity contribution in [1.82, 2.24) is 0 Å². The van der Waals surface area contributed by atoms with Crippen molar-refractivity contribution >= 4 is 35.6 Å². The molecule has 0 spiro atoms. The Hall–Kier alpha value is -1.83. The van der Waals surface area contributed by atoms with E-state index in [0.717, 1.165) is 6.42 Å². The van der Waals surface area contributed by atoms with Crippen LogP contribution >= 0.6 is 12.4 Å². The second kappa shape index (κ2) is 8.71. The molecule has 23 heavy (non-hydrogen) atoms. The lowest BCUT2D eigenvalue weighted by molar-refractivity contribution is -0.126. The highest BCUT2D eigenvalue weighted by Gasteiger charge is 2.29. The highest BCUT2D eigenvalue weighted by Crippen LogP contribution is 2.28. The maximum atomic E-state index is 12.2. The van der Waals surface area contributed by atoms with Crippen LogP contribution in [0.2, 0.25) is 0 Å². The van der Waals surface area contributed by atoms with E-state index in [2.05, 4.69) is 10.6 Å². The molecule has 0 saturated carbocycles. The van der Waals surface area contributed by atoms with Gasteiger partial charge in [0.25, 0.3) is 5.91 Å². The molecule has 1 aromatic rings. The zero-order chi connectivity index (χ0) is 16.1. The van der Waals surface area contributed by atoms with E-state index in [0.29, 0.717) is 30.1 Å². The number of nitrogens with one attached hydrogen (secondary N) is 2. The van der Waals surface area contributed by atoms with E-state index < -0.39 is 6.10 Å². The molecule has 8 heteroatoms. The topological polar surface area (TPSA) is 103 Å². The Morgan fingerprint density at radius 3 is 2.65 bits per heavy atom. The highest BCUT2D eigenvalue weighted by atomic mass is 35.5. The average molecular weight is 344 g/mol. The third-order valence-electron chi connectivity index (χ3n) is 3.44. The average Bonchev–Trinajstić information content (AvgIpc) is 2.96. The van der Waals surface area contributed by atoms with Crippen LogP contribution in [0.3, 0.4) is 0 Å². The summed E-state index contributed by atoms with van der Waals surface area (Å²) in [5.41, 5.74) is 6.60. The Morgan fingerprint density at radius 2 is 2.09 bits per heavy atom. The number of rotatable bonds is 5. The van der Waals surface area contributed by atoms with Crippen LogP contribution in [0.1, 0.15) is 19.8 Å². The van der Waals surface area contributed by atoms with Crippen LogP contribution in [0, 0.1) is 0 Å². The molecule has 0 aliphatic carbocycles. The van der Waals surface area contributed by atoms with Crippen molar-refractivity contribution in [2.45, 2.75) is 32.0 Å². The van der Waals surface area contributed by atoms with Crippen molar-refractivity contribution in [3.8, 4) is 5.75 Å². The van der Waals surface area contributed by atoms with Crippen LogP contribution in [0.15, 0.2) is 18.2 Å². The number of carbonyl (C=O) groups excluding carboxylic acids is 2. The molecule has 0 bridgehead atoms. The third kappa shape index (κ3) is 5.09. The predicted octanol–water partition coefficient (Wildman–Crippen LogP) is 1.52. The Bertz CT molecular complexity index is 568. The van der Waals surface area contributed by atoms with Gasteiger partial charge in [-0.15, -0.1) is 12.4 Å². The van der Waals surface area contributed by atoms with E-state index in [-0.39, 0.29) is 30.3 Å². The summed E-state index contributed by atoms with van der Waals surface area (Å²) in [6.45, 7) is 1.82. The molecule has 1 aliphatic heterocycles. The first-order valence-electron chi connectivity index (χ1n) is 7.15. The summed E-state index contributed by atoms with van der Waals surface area (Å²) in [6, 6.07) is 5.03. The van der Waals surface area contributed by atoms with Gasteiger partial charge in [0.1, 0.15) is 11.9 Å². The SMILES string of the molecule is COc1ccc(NC(=O)[C@@H]2CC[C@H](CN)O2)cc1NC(C)=O.Cl. The molecule has 1 fully saturated rings. The number of ether oxygens (including phenoxy) is 2. The molecule has 1 saturated heterocycles. The molecular weight excluding hydrogens is 322 g/mol. The molecule has 1 heterocycles. The zero-order valence-electron chi connectivity index (χ0n) is 13.1. The van der Waals surface area contributed by atoms with Crippen LogP contribution in [-0.4, -0.2) is 37.7 Å². The standard InChI is InChI=1S/C15H21N3O4.ClH/c1-9(19)17-12-7-10(3-5-13(12)21-2)18-15(20)14-6-4-11(8-16)22-14;/h3,5,7,11,14H,4,6,8,16H2,1-2H3,(H,17,19)(H,18,20);1H/t11-,14+;/m1./s1. The van der Waals surface area contributed by atoms with Gasteiger partial charge in [0, 0.05) is 19.2 Å². The van der Waals surface area contributed by atoms with E-state index in [1.807, 2.05) is 0 Å². The second-order valence-electron chi connectivity index (χ2n) is 5.15. The van der Waals surface area contributed by atoms with Gasteiger partial charge in [-0.05, 0) is 31.0 Å². The first kappa shape index (κ1) is 19.2. The first-order chi connectivity index (χ1) is 10.5. The molecule has 2 amide bonds. The predicted molar refractivity (Wildman–Crippen MR) is 90.1 cm³/mol. The molecule has 1 aromatic carbocycles. The summed E-state index contributed by atoms with van der Waals surface area (Å²) in [5, 5.41) is 5.44. The largest absolute Gasteiger partial charge is 0.495 e. The number of nitrogens with two attached hydrogens (primary N) is 1. The summed E-state index contributed by atoms with van der Waals surface area (Å²) in [4.78, 5) is 23.4. The number of halogens is 1. The number of benzene rings is 1. The summed E-state index contributed by atoms with van der Waals surface area (Å²) in [5.74, 6) is 0.0927. The molecule has 2 rings (SSSR count). The molecule has 1 aliphatic rings. The number of hydrogen-bond acceptors (Lipinski definition) is 5. The van der Waals surface area contributed by atoms with Crippen LogP contribution in [0.5, 0.6) is 5.75 Å². The van der Waals surface area contributed by atoms with E-state index in [9.17, 15) is 9.59 Å². The summed E-state index contributed by atoms with van der Waals surface area (Å²) in [7, 11) is 1.51. The van der Waals surface area contributed by atoms with Crippen LogP contribution in [0.4, 0.5) is 11.4 Å². The van der Waals surface area contributed by atoms with E-state index >= 15 is 0 Å². The minimum Gasteiger partial charge on any atom is -0.495 e. The van der Waals surface area contributed by atoms with Crippen LogP contribution < -0.4 is 21.1 Å². The third-order valence-corrected chi connectivity index (χ3v) is 3.44. The summed E-state index contributed by atoms with van der Waals surface area (Å²) >= 11 is 0. The van der Waals surface area contributed by atoms with E-state index in [1.165, 1.54) is 14.0 Å². The number of anilines is 2. The first-order valence-corrected chi connectivity index (χ1v) is 7.15. The highest BCUT2D eigenvalue weighted by molar-refractivity contribution is 5.96. The smallest absolute Gasteiger partial charge is 0.253 e. The van der Waals surface area contributed by atoms with Gasteiger partial charge in [-0.1, -0.05) is 0 Å². The van der Waals surface area contributed by atoms with Gasteiger partial charge in [-0.2, -0.15) is 0 Å². The lowest BCUT2D eigenvalue weighted by atomic mass is 10.2. The normalized spacial score (nSPS) is 19.6. The Morgan fingerprint density at radius 1 is 1.35 bits per heavy atom. The van der Waals surface area contributed by atoms with Gasteiger partial charge in [0.2, 0.25) is 5.91 Å². The van der Waals surface area contributed by atoms with Gasteiger partial charge < -0.3 is 25.8 Å². The van der Waals surface area contributed by atoms with E-state index in [4.69, 9.17) is 15.2 Å². The fraction of sp³-hybridized carbons (Fsp3) is 0.467. The lowest BCUT2D eigenvalue weighted by Gasteiger charge is -2.15. The number of hydrogen-bond donors (Lipinski definition) is 3. The van der Waals surface area contributed by atoms with Crippen LogP contribution in [0.25, 0.3) is 0 Å². The quantitative estimate of drug-likeness (QED) is 0.752. The van der Waals surface area contributed by atoms with E-state index in [1.54, 1.807) is 18.2 Å². The molecule has 2 atom stereocenters. The fourth-order valence-electron chi connectivity index (χ4n) is 2.37. The Labute approximate surface area is 141 Å². The minimum atomic E-state index is -0.486. The fourth-order valence-corrected chi connectivity index (χ4v) is 2.37. The van der Waals surface area contributed by atoms with Crippen molar-refractivity contribution < 1.29 is 19.1 Å². The molecule has 128 valence electrons. The van der Waals surface area contributed by atoms with Crippen molar-refractivity contribution in [2.75, 3.05) is 24.3 Å². The Balaban J connectivity index is 0.00000264. The monoisotopic (exact) mass is 343 g/mol. The maximum absolute atomic E-state index is 12.2. The van der Waals surface area contributed by atoms with Gasteiger partial charge in [-0.25, -0.2) is 0 Å². The molecule has 0 unspecified atom stereocenters. The van der Waals surface area contributed by atoms with Gasteiger partial charge in [0.15, 0.2) is 0 Å². The molecule has 0 aromatic heterocycles. The van der Waals surface area contributed by atoms with Gasteiger partial charge in [-0.3, -0.25) is 9.59 Å². The van der Waals surface area contributed by atoms with Gasteiger partial charge in [0.05, 0.1) is 18.9 Å². The van der Waals surface area contributed by atoms with Crippen molar-refractivity contribution in [3.63, 3.8) is 0 Å². The zero-order valence-corrected chi connectivity index (χ0v) is 13.9. The lowest BCUT2D eigenvalue weighted by Crippen LogP contribution is -2.29. The van der Waals surface area contributed by atoms with Crippen LogP contribution in [-0.2, 0) is 14.3 Å². The summed E-state index contributed by atoms with van der Waals surface area (Å²) in [6.07, 6.45) is 0.901. The molecule has 7 nitrogen and oxygen atoms in total.